The van der Waals surface area contributed by atoms with Crippen LogP contribution < -0.4 is 20.3 Å². The van der Waals surface area contributed by atoms with Gasteiger partial charge < -0.3 is 19.7 Å². The minimum atomic E-state index is -0.338. The summed E-state index contributed by atoms with van der Waals surface area (Å²) in [6.45, 7) is 6.32. The second-order valence-electron chi connectivity index (χ2n) is 15.4. The van der Waals surface area contributed by atoms with Crippen LogP contribution in [0.2, 0.25) is 0 Å². The summed E-state index contributed by atoms with van der Waals surface area (Å²) in [4.78, 5) is 38.0. The molecule has 5 aromatic heterocycles. The number of rotatable bonds is 10. The van der Waals surface area contributed by atoms with Crippen LogP contribution in [-0.4, -0.2) is 105 Å². The molecule has 294 valence electrons. The van der Waals surface area contributed by atoms with Crippen LogP contribution in [0.3, 0.4) is 0 Å². The lowest BCUT2D eigenvalue weighted by atomic mass is 9.87. The van der Waals surface area contributed by atoms with E-state index < -0.39 is 0 Å². The zero-order valence-corrected chi connectivity index (χ0v) is 32.5. The van der Waals surface area contributed by atoms with E-state index in [9.17, 15) is 14.9 Å². The minimum Gasteiger partial charge on any atom is -0.474 e. The van der Waals surface area contributed by atoms with Crippen molar-refractivity contribution in [1.82, 2.24) is 40.0 Å². The van der Waals surface area contributed by atoms with E-state index in [1.165, 1.54) is 0 Å². The highest BCUT2D eigenvalue weighted by molar-refractivity contribution is 7.18. The van der Waals surface area contributed by atoms with Crippen molar-refractivity contribution in [3.05, 3.63) is 66.1 Å². The molecule has 3 saturated heterocycles. The van der Waals surface area contributed by atoms with Crippen LogP contribution in [0.4, 0.5) is 10.8 Å². The number of piperidine rings is 1. The van der Waals surface area contributed by atoms with E-state index in [0.29, 0.717) is 30.2 Å². The zero-order chi connectivity index (χ0) is 38.7. The highest BCUT2D eigenvalue weighted by Gasteiger charge is 2.30. The summed E-state index contributed by atoms with van der Waals surface area (Å²) in [5.74, 6) is 0.426. The number of nitrogens with zero attached hydrogens (tertiary/aromatic N) is 9. The third kappa shape index (κ3) is 8.32. The smallest absolute Gasteiger partial charge is 0.234 e. The van der Waals surface area contributed by atoms with Crippen LogP contribution in [0.5, 0.6) is 5.88 Å². The van der Waals surface area contributed by atoms with Gasteiger partial charge in [0, 0.05) is 82.5 Å². The summed E-state index contributed by atoms with van der Waals surface area (Å²) < 4.78 is 13.7. The minimum absolute atomic E-state index is 0.141. The number of ether oxygens (including phenoxy) is 2. The summed E-state index contributed by atoms with van der Waals surface area (Å²) in [5, 5.41) is 31.1. The monoisotopic (exact) mass is 787 g/mol. The molecule has 1 aliphatic carbocycles. The number of piperazine rings is 1. The van der Waals surface area contributed by atoms with Crippen molar-refractivity contribution in [2.75, 3.05) is 56.2 Å². The summed E-state index contributed by atoms with van der Waals surface area (Å²) in [6.07, 6.45) is 12.3. The Balaban J connectivity index is 0.790. The lowest BCUT2D eigenvalue weighted by Crippen LogP contribution is -2.48. The van der Waals surface area contributed by atoms with Gasteiger partial charge in [-0.2, -0.15) is 10.4 Å². The van der Waals surface area contributed by atoms with Gasteiger partial charge in [0.25, 0.3) is 0 Å². The molecule has 0 radical (unpaired) electrons. The summed E-state index contributed by atoms with van der Waals surface area (Å²) in [5.41, 5.74) is 5.69. The van der Waals surface area contributed by atoms with Crippen molar-refractivity contribution in [1.29, 1.82) is 5.26 Å². The number of carbonyl (C=O) groups is 2. The number of nitriles is 1. The Labute approximate surface area is 334 Å². The van der Waals surface area contributed by atoms with Crippen molar-refractivity contribution >= 4 is 39.5 Å². The van der Waals surface area contributed by atoms with Crippen LogP contribution in [0.15, 0.2) is 55.0 Å². The van der Waals surface area contributed by atoms with Gasteiger partial charge in [0.1, 0.15) is 12.2 Å². The van der Waals surface area contributed by atoms with Crippen LogP contribution >= 0.6 is 11.3 Å². The SMILES string of the molecule is N#Cc1cnn2c(-c3cc(NC4CCOCC4)c(-c4nnc(N5CCN(CC6CCC(Oc7ccc([C@@H]8CCC(=O)NC8=O)cn7)CC6)CC5)s4)cn3)ccc2c1. The number of pyridine rings is 2. The van der Waals surface area contributed by atoms with E-state index >= 15 is 0 Å². The normalized spacial score (nSPS) is 22.3. The van der Waals surface area contributed by atoms with Crippen LogP contribution in [0.1, 0.15) is 68.4 Å². The summed E-state index contributed by atoms with van der Waals surface area (Å²) in [6, 6.07) is 14.0. The molecule has 0 aromatic carbocycles. The zero-order valence-electron chi connectivity index (χ0n) is 31.7. The van der Waals surface area contributed by atoms with Crippen molar-refractivity contribution in [2.24, 2.45) is 5.92 Å². The second kappa shape index (κ2) is 16.5. The van der Waals surface area contributed by atoms with Gasteiger partial charge in [-0.3, -0.25) is 24.8 Å². The molecule has 0 spiro atoms. The molecule has 57 heavy (non-hydrogen) atoms. The fourth-order valence-corrected chi connectivity index (χ4v) is 9.34. The number of nitrogens with one attached hydrogen (secondary N) is 2. The molecule has 8 heterocycles. The summed E-state index contributed by atoms with van der Waals surface area (Å²) in [7, 11) is 0. The van der Waals surface area contributed by atoms with E-state index in [2.05, 4.69) is 52.8 Å². The maximum atomic E-state index is 12.2. The second-order valence-corrected chi connectivity index (χ2v) is 16.4. The molecule has 2 amide bonds. The Morgan fingerprint density at radius 1 is 0.930 bits per heavy atom. The third-order valence-corrected chi connectivity index (χ3v) is 12.7. The molecule has 15 nitrogen and oxygen atoms in total. The van der Waals surface area contributed by atoms with E-state index in [1.54, 1.807) is 23.7 Å². The highest BCUT2D eigenvalue weighted by Crippen LogP contribution is 2.37. The molecule has 4 aliphatic rings. The summed E-state index contributed by atoms with van der Waals surface area (Å²) >= 11 is 1.61. The van der Waals surface area contributed by atoms with Crippen molar-refractivity contribution in [3.63, 3.8) is 0 Å². The van der Waals surface area contributed by atoms with Gasteiger partial charge in [-0.15, -0.1) is 10.2 Å². The number of hydrogen-bond donors (Lipinski definition) is 2. The van der Waals surface area contributed by atoms with Crippen LogP contribution in [0.25, 0.3) is 27.5 Å². The fourth-order valence-electron chi connectivity index (χ4n) is 8.42. The Bertz CT molecular complexity index is 2270. The number of hydrogen-bond acceptors (Lipinski definition) is 14. The predicted molar refractivity (Wildman–Crippen MR) is 214 cm³/mol. The first-order chi connectivity index (χ1) is 28.0. The molecule has 1 atom stereocenters. The molecule has 2 N–H and O–H groups in total. The maximum absolute atomic E-state index is 12.2. The first-order valence-electron chi connectivity index (χ1n) is 20.0. The van der Waals surface area contributed by atoms with Crippen LogP contribution in [-0.2, 0) is 14.3 Å². The van der Waals surface area contributed by atoms with Gasteiger partial charge in [-0.1, -0.05) is 17.4 Å². The van der Waals surface area contributed by atoms with Gasteiger partial charge in [0.05, 0.1) is 40.1 Å². The maximum Gasteiger partial charge on any atom is 0.234 e. The van der Waals surface area contributed by atoms with Gasteiger partial charge >= 0.3 is 0 Å². The molecule has 3 aliphatic heterocycles. The van der Waals surface area contributed by atoms with E-state index in [-0.39, 0.29) is 29.9 Å². The lowest BCUT2D eigenvalue weighted by molar-refractivity contribution is -0.134. The van der Waals surface area contributed by atoms with Gasteiger partial charge in [0.2, 0.25) is 22.8 Å². The lowest BCUT2D eigenvalue weighted by Gasteiger charge is -2.37. The van der Waals surface area contributed by atoms with E-state index in [4.69, 9.17) is 14.5 Å². The standard InChI is InChI=1S/C41H45N11O4S/c42-21-27-19-30-4-8-36(52(30)45-22-27)35-20-34(46-29-11-17-55-18-12-29)33(24-43-35)40-48-49-41(57-40)51-15-13-50(14-16-51)25-26-1-5-31(6-2-26)56-38-10-3-28(23-44-38)32-7-9-37(53)47-39(32)54/h3-4,8,10,19-20,22-24,26,29,31-32H,1-2,5-7,9,11-18,25H2,(H,43,46)(H,47,53,54)/t26?,31?,32-/m0/s1. The molecule has 9 rings (SSSR count). The molecule has 0 unspecified atom stereocenters. The van der Waals surface area contributed by atoms with Crippen molar-refractivity contribution in [2.45, 2.75) is 69.4 Å². The first kappa shape index (κ1) is 37.1. The predicted octanol–water partition coefficient (Wildman–Crippen LogP) is 5.05. The molecular weight excluding hydrogens is 743 g/mol. The fraction of sp³-hybridized carbons (Fsp3) is 0.463. The number of anilines is 2. The number of imide groups is 1. The highest BCUT2D eigenvalue weighted by atomic mass is 32.1. The quantitative estimate of drug-likeness (QED) is 0.180. The van der Waals surface area contributed by atoms with Gasteiger partial charge in [-0.05, 0) is 80.7 Å². The average Bonchev–Trinajstić information content (AvgIpc) is 3.91. The molecule has 16 heteroatoms. The number of aromatic nitrogens is 6. The van der Waals surface area contributed by atoms with E-state index in [0.717, 1.165) is 128 Å². The average molecular weight is 788 g/mol. The first-order valence-corrected chi connectivity index (χ1v) is 20.8. The van der Waals surface area contributed by atoms with Crippen molar-refractivity contribution < 1.29 is 19.1 Å². The number of amides is 2. The van der Waals surface area contributed by atoms with Gasteiger partial charge in [-0.25, -0.2) is 9.50 Å². The number of carbonyl (C=O) groups excluding carboxylic acids is 2. The number of fused-ring (bicyclic) bond motifs is 1. The Morgan fingerprint density at radius 3 is 2.54 bits per heavy atom. The Kier molecular flexibility index (Phi) is 10.8. The van der Waals surface area contributed by atoms with Gasteiger partial charge in [0.15, 0.2) is 5.01 Å². The molecule has 1 saturated carbocycles. The molecule has 5 aromatic rings. The topological polar surface area (TPSA) is 176 Å². The van der Waals surface area contributed by atoms with E-state index in [1.807, 2.05) is 41.0 Å². The Hall–Kier alpha value is -5.50. The Morgan fingerprint density at radius 2 is 1.77 bits per heavy atom. The largest absolute Gasteiger partial charge is 0.474 e. The third-order valence-electron chi connectivity index (χ3n) is 11.7. The molecule has 4 fully saturated rings. The van der Waals surface area contributed by atoms with Crippen molar-refractivity contribution in [3.8, 4) is 33.9 Å². The van der Waals surface area contributed by atoms with Crippen LogP contribution in [0, 0.1) is 17.2 Å². The molecular formula is C41H45N11O4S. The molecule has 0 bridgehead atoms.